The first-order valence-corrected chi connectivity index (χ1v) is 6.98. The Balaban J connectivity index is 1.74. The third-order valence-electron chi connectivity index (χ3n) is 3.57. The first kappa shape index (κ1) is 15.2. The molecule has 2 heterocycles. The molecule has 7 nitrogen and oxygen atoms in total. The Morgan fingerprint density at radius 2 is 2.05 bits per heavy atom. The maximum Gasteiger partial charge on any atom is 0.336 e. The fourth-order valence-electron chi connectivity index (χ4n) is 2.44. The quantitative estimate of drug-likeness (QED) is 0.679. The fourth-order valence-corrected chi connectivity index (χ4v) is 2.44. The molecule has 0 saturated carbocycles. The zero-order valence-corrected chi connectivity index (χ0v) is 11.8. The topological polar surface area (TPSA) is 77.1 Å². The summed E-state index contributed by atoms with van der Waals surface area (Å²) in [5.41, 5.74) is 0. The molecule has 0 aromatic heterocycles. The zero-order chi connectivity index (χ0) is 14.4. The molecule has 1 N–H and O–H groups in total. The van der Waals surface area contributed by atoms with Gasteiger partial charge in [-0.1, -0.05) is 0 Å². The molecule has 20 heavy (non-hydrogen) atoms. The van der Waals surface area contributed by atoms with Crippen LogP contribution in [0.4, 0.5) is 0 Å². The van der Waals surface area contributed by atoms with Crippen molar-refractivity contribution in [2.75, 3.05) is 46.6 Å². The minimum absolute atomic E-state index is 0.0117. The lowest BCUT2D eigenvalue weighted by Gasteiger charge is -2.31. The number of nitrogens with one attached hydrogen (secondary N) is 1. The van der Waals surface area contributed by atoms with Crippen molar-refractivity contribution in [1.82, 2.24) is 10.2 Å². The SMILES string of the molecule is COC(=O)C1CN(CC(=O)NC2CCOCC2)CCO1. The number of carbonyl (C=O) groups is 2. The van der Waals surface area contributed by atoms with Crippen LogP contribution in [0.15, 0.2) is 0 Å². The summed E-state index contributed by atoms with van der Waals surface area (Å²) in [4.78, 5) is 25.3. The van der Waals surface area contributed by atoms with Crippen molar-refractivity contribution in [2.45, 2.75) is 25.0 Å². The number of rotatable bonds is 4. The predicted molar refractivity (Wildman–Crippen MR) is 70.2 cm³/mol. The van der Waals surface area contributed by atoms with Crippen LogP contribution < -0.4 is 5.32 Å². The average molecular weight is 286 g/mol. The van der Waals surface area contributed by atoms with Crippen molar-refractivity contribution < 1.29 is 23.8 Å². The van der Waals surface area contributed by atoms with Gasteiger partial charge in [-0.3, -0.25) is 9.69 Å². The Bertz CT molecular complexity index is 344. The van der Waals surface area contributed by atoms with Crippen molar-refractivity contribution in [3.63, 3.8) is 0 Å². The second-order valence-corrected chi connectivity index (χ2v) is 5.07. The van der Waals surface area contributed by atoms with Crippen LogP contribution >= 0.6 is 0 Å². The third kappa shape index (κ3) is 4.43. The van der Waals surface area contributed by atoms with Crippen LogP contribution in [0.5, 0.6) is 0 Å². The maximum atomic E-state index is 12.0. The second-order valence-electron chi connectivity index (χ2n) is 5.07. The highest BCUT2D eigenvalue weighted by Crippen LogP contribution is 2.08. The van der Waals surface area contributed by atoms with E-state index in [4.69, 9.17) is 9.47 Å². The summed E-state index contributed by atoms with van der Waals surface area (Å²) < 4.78 is 15.2. The van der Waals surface area contributed by atoms with Crippen LogP contribution in [-0.2, 0) is 23.8 Å². The lowest BCUT2D eigenvalue weighted by Crippen LogP contribution is -2.51. The summed E-state index contributed by atoms with van der Waals surface area (Å²) in [7, 11) is 1.34. The molecule has 0 aromatic carbocycles. The van der Waals surface area contributed by atoms with Crippen molar-refractivity contribution >= 4 is 11.9 Å². The minimum atomic E-state index is -0.593. The lowest BCUT2D eigenvalue weighted by atomic mass is 10.1. The number of esters is 1. The highest BCUT2D eigenvalue weighted by Gasteiger charge is 2.28. The van der Waals surface area contributed by atoms with Crippen LogP contribution in [-0.4, -0.2) is 75.5 Å². The van der Waals surface area contributed by atoms with Gasteiger partial charge in [-0.05, 0) is 12.8 Å². The molecular weight excluding hydrogens is 264 g/mol. The monoisotopic (exact) mass is 286 g/mol. The zero-order valence-electron chi connectivity index (χ0n) is 11.8. The average Bonchev–Trinajstić information content (AvgIpc) is 2.47. The molecule has 0 radical (unpaired) electrons. The highest BCUT2D eigenvalue weighted by atomic mass is 16.6. The summed E-state index contributed by atoms with van der Waals surface area (Å²) in [5, 5.41) is 3.01. The van der Waals surface area contributed by atoms with Gasteiger partial charge in [-0.25, -0.2) is 4.79 Å². The van der Waals surface area contributed by atoms with E-state index in [0.717, 1.165) is 12.8 Å². The largest absolute Gasteiger partial charge is 0.467 e. The van der Waals surface area contributed by atoms with Gasteiger partial charge in [0.1, 0.15) is 0 Å². The normalized spacial score (nSPS) is 25.1. The van der Waals surface area contributed by atoms with Gasteiger partial charge in [-0.15, -0.1) is 0 Å². The number of hydrogen-bond donors (Lipinski definition) is 1. The Kier molecular flexibility index (Phi) is 5.75. The maximum absolute atomic E-state index is 12.0. The van der Waals surface area contributed by atoms with E-state index in [-0.39, 0.29) is 24.5 Å². The molecule has 2 fully saturated rings. The van der Waals surface area contributed by atoms with Crippen molar-refractivity contribution in [3.8, 4) is 0 Å². The lowest BCUT2D eigenvalue weighted by molar-refractivity contribution is -0.160. The van der Waals surface area contributed by atoms with Crippen LogP contribution in [0.2, 0.25) is 0 Å². The Morgan fingerprint density at radius 3 is 2.75 bits per heavy atom. The Hall–Kier alpha value is -1.18. The molecule has 2 rings (SSSR count). The summed E-state index contributed by atoms with van der Waals surface area (Å²) in [6, 6.07) is 0.202. The first-order chi connectivity index (χ1) is 9.69. The Morgan fingerprint density at radius 1 is 1.30 bits per heavy atom. The van der Waals surface area contributed by atoms with E-state index in [1.54, 1.807) is 0 Å². The standard InChI is InChI=1S/C13H22N2O5/c1-18-13(17)11-8-15(4-7-20-11)9-12(16)14-10-2-5-19-6-3-10/h10-11H,2-9H2,1H3,(H,14,16). The van der Waals surface area contributed by atoms with Gasteiger partial charge >= 0.3 is 5.97 Å². The molecule has 2 saturated heterocycles. The predicted octanol–water partition coefficient (Wildman–Crippen LogP) is -0.845. The number of hydrogen-bond acceptors (Lipinski definition) is 6. The molecule has 114 valence electrons. The summed E-state index contributed by atoms with van der Waals surface area (Å²) in [6.45, 7) is 3.17. The van der Waals surface area contributed by atoms with Crippen molar-refractivity contribution in [2.24, 2.45) is 0 Å². The van der Waals surface area contributed by atoms with Gasteiger partial charge in [-0.2, -0.15) is 0 Å². The highest BCUT2D eigenvalue weighted by molar-refractivity contribution is 5.79. The second kappa shape index (κ2) is 7.56. The number of carbonyl (C=O) groups excluding carboxylic acids is 2. The molecule has 1 atom stereocenters. The molecule has 0 aromatic rings. The van der Waals surface area contributed by atoms with E-state index in [1.807, 2.05) is 4.90 Å². The van der Waals surface area contributed by atoms with E-state index in [2.05, 4.69) is 10.1 Å². The summed E-state index contributed by atoms with van der Waals surface area (Å²) >= 11 is 0. The molecule has 2 aliphatic heterocycles. The van der Waals surface area contributed by atoms with Gasteiger partial charge in [0.15, 0.2) is 6.10 Å². The van der Waals surface area contributed by atoms with Crippen LogP contribution in [0.25, 0.3) is 0 Å². The van der Waals surface area contributed by atoms with Gasteiger partial charge in [0.25, 0.3) is 0 Å². The van der Waals surface area contributed by atoms with E-state index in [0.29, 0.717) is 32.9 Å². The molecule has 0 spiro atoms. The fraction of sp³-hybridized carbons (Fsp3) is 0.846. The van der Waals surface area contributed by atoms with Crippen LogP contribution in [0, 0.1) is 0 Å². The van der Waals surface area contributed by atoms with Crippen molar-refractivity contribution in [1.29, 1.82) is 0 Å². The minimum Gasteiger partial charge on any atom is -0.467 e. The third-order valence-corrected chi connectivity index (χ3v) is 3.57. The van der Waals surface area contributed by atoms with E-state index in [1.165, 1.54) is 7.11 Å². The van der Waals surface area contributed by atoms with Gasteiger partial charge in [0.05, 0.1) is 20.3 Å². The number of methoxy groups -OCH3 is 1. The first-order valence-electron chi connectivity index (χ1n) is 6.98. The van der Waals surface area contributed by atoms with Crippen LogP contribution in [0.3, 0.4) is 0 Å². The van der Waals surface area contributed by atoms with Gasteiger partial charge in [0, 0.05) is 32.3 Å². The van der Waals surface area contributed by atoms with Crippen LogP contribution in [0.1, 0.15) is 12.8 Å². The number of ether oxygens (including phenoxy) is 3. The van der Waals surface area contributed by atoms with E-state index in [9.17, 15) is 9.59 Å². The molecule has 7 heteroatoms. The molecule has 0 aliphatic carbocycles. The summed E-state index contributed by atoms with van der Waals surface area (Å²) in [6.07, 6.45) is 1.13. The van der Waals surface area contributed by atoms with Crippen molar-refractivity contribution in [3.05, 3.63) is 0 Å². The number of morpholine rings is 1. The summed E-state index contributed by atoms with van der Waals surface area (Å²) in [5.74, 6) is -0.401. The van der Waals surface area contributed by atoms with E-state index < -0.39 is 6.10 Å². The number of amides is 1. The van der Waals surface area contributed by atoms with Gasteiger partial charge < -0.3 is 19.5 Å². The molecular formula is C13H22N2O5. The molecule has 2 aliphatic rings. The smallest absolute Gasteiger partial charge is 0.336 e. The number of nitrogens with zero attached hydrogens (tertiary/aromatic N) is 1. The Labute approximate surface area is 118 Å². The molecule has 1 amide bonds. The molecule has 1 unspecified atom stereocenters. The molecule has 0 bridgehead atoms. The van der Waals surface area contributed by atoms with E-state index >= 15 is 0 Å². The van der Waals surface area contributed by atoms with Gasteiger partial charge in [0.2, 0.25) is 5.91 Å².